The predicted octanol–water partition coefficient (Wildman–Crippen LogP) is 1.34. The van der Waals surface area contributed by atoms with E-state index >= 15 is 0 Å². The average Bonchev–Trinajstić information content (AvgIpc) is 2.98. The normalized spacial score (nSPS) is 19.7. The zero-order valence-corrected chi connectivity index (χ0v) is 11.9. The molecule has 0 saturated heterocycles. The number of fused-ring (bicyclic) bond motifs is 2. The van der Waals surface area contributed by atoms with Gasteiger partial charge in [-0.3, -0.25) is 10.1 Å². The Kier molecular flexibility index (Phi) is 3.11. The molecule has 2 aliphatic rings. The van der Waals surface area contributed by atoms with Crippen molar-refractivity contribution in [3.8, 4) is 0 Å². The van der Waals surface area contributed by atoms with Crippen LogP contribution < -0.4 is 5.32 Å². The van der Waals surface area contributed by atoms with E-state index < -0.39 is 6.04 Å². The van der Waals surface area contributed by atoms with Crippen LogP contribution in [-0.2, 0) is 24.3 Å². The van der Waals surface area contributed by atoms with Gasteiger partial charge in [-0.15, -0.1) is 0 Å². The second kappa shape index (κ2) is 5.14. The molecule has 22 heavy (non-hydrogen) atoms. The van der Waals surface area contributed by atoms with Gasteiger partial charge < -0.3 is 4.90 Å². The van der Waals surface area contributed by atoms with Gasteiger partial charge in [0.25, 0.3) is 0 Å². The number of nitrogens with one attached hydrogen (secondary N) is 1. The summed E-state index contributed by atoms with van der Waals surface area (Å²) in [7, 11) is 0. The fourth-order valence-electron chi connectivity index (χ4n) is 3.22. The number of amides is 1. The van der Waals surface area contributed by atoms with E-state index in [-0.39, 0.29) is 11.7 Å². The summed E-state index contributed by atoms with van der Waals surface area (Å²) in [4.78, 5) is 22.8. The lowest BCUT2D eigenvalue weighted by molar-refractivity contribution is -0.134. The Morgan fingerprint density at radius 2 is 2.32 bits per heavy atom. The number of hydrogen-bond acceptors (Lipinski definition) is 4. The van der Waals surface area contributed by atoms with Gasteiger partial charge in [-0.05, 0) is 23.6 Å². The minimum absolute atomic E-state index is 0.00320. The van der Waals surface area contributed by atoms with Crippen molar-refractivity contribution in [2.24, 2.45) is 0 Å². The maximum Gasteiger partial charge on any atom is 0.244 e. The van der Waals surface area contributed by atoms with Crippen LogP contribution in [0.2, 0.25) is 0 Å². The zero-order valence-electron chi connectivity index (χ0n) is 11.9. The van der Waals surface area contributed by atoms with Crippen molar-refractivity contribution in [2.75, 3.05) is 6.54 Å². The highest BCUT2D eigenvalue weighted by Crippen LogP contribution is 2.28. The summed E-state index contributed by atoms with van der Waals surface area (Å²) >= 11 is 0. The minimum atomic E-state index is -0.397. The van der Waals surface area contributed by atoms with Crippen LogP contribution in [0.3, 0.4) is 0 Å². The summed E-state index contributed by atoms with van der Waals surface area (Å²) in [6.07, 6.45) is 3.74. The smallest absolute Gasteiger partial charge is 0.244 e. The first-order valence-electron chi connectivity index (χ1n) is 7.31. The Labute approximate surface area is 127 Å². The quantitative estimate of drug-likeness (QED) is 0.863. The van der Waals surface area contributed by atoms with Crippen LogP contribution >= 0.6 is 0 Å². The molecule has 1 amide bonds. The molecule has 5 nitrogen and oxygen atoms in total. The van der Waals surface area contributed by atoms with Gasteiger partial charge in [0.05, 0.1) is 5.69 Å². The lowest BCUT2D eigenvalue weighted by Crippen LogP contribution is -2.41. The Hall–Kier alpha value is -2.34. The molecule has 0 aliphatic carbocycles. The fourth-order valence-corrected chi connectivity index (χ4v) is 3.22. The summed E-state index contributed by atoms with van der Waals surface area (Å²) in [5.74, 6) is -0.175. The highest BCUT2D eigenvalue weighted by molar-refractivity contribution is 5.84. The van der Waals surface area contributed by atoms with Crippen molar-refractivity contribution in [1.29, 1.82) is 0 Å². The van der Waals surface area contributed by atoms with Crippen LogP contribution in [0.5, 0.6) is 0 Å². The molecule has 2 aliphatic heterocycles. The van der Waals surface area contributed by atoms with E-state index in [1.165, 1.54) is 12.4 Å². The fraction of sp³-hybridized carbons (Fsp3) is 0.312. The molecule has 0 spiro atoms. The third-order valence-electron chi connectivity index (χ3n) is 4.38. The second-order valence-corrected chi connectivity index (χ2v) is 5.63. The van der Waals surface area contributed by atoms with E-state index in [0.717, 1.165) is 22.4 Å². The second-order valence-electron chi connectivity index (χ2n) is 5.63. The summed E-state index contributed by atoms with van der Waals surface area (Å²) in [5, 5.41) is 3.19. The van der Waals surface area contributed by atoms with Gasteiger partial charge in [-0.1, -0.05) is 12.1 Å². The molecule has 1 N–H and O–H groups in total. The van der Waals surface area contributed by atoms with Crippen LogP contribution in [0.1, 0.15) is 28.4 Å². The first kappa shape index (κ1) is 13.3. The van der Waals surface area contributed by atoms with Crippen molar-refractivity contribution in [3.63, 3.8) is 0 Å². The lowest BCUT2D eigenvalue weighted by Gasteiger charge is -2.31. The van der Waals surface area contributed by atoms with Crippen molar-refractivity contribution < 1.29 is 9.18 Å². The third kappa shape index (κ3) is 2.07. The van der Waals surface area contributed by atoms with Crippen molar-refractivity contribution in [3.05, 3.63) is 58.9 Å². The van der Waals surface area contributed by atoms with Gasteiger partial charge in [0, 0.05) is 31.4 Å². The Morgan fingerprint density at radius 3 is 3.23 bits per heavy atom. The Balaban J connectivity index is 1.58. The van der Waals surface area contributed by atoms with Crippen molar-refractivity contribution in [2.45, 2.75) is 25.6 Å². The van der Waals surface area contributed by atoms with Gasteiger partial charge >= 0.3 is 0 Å². The van der Waals surface area contributed by atoms with Gasteiger partial charge in [-0.25, -0.2) is 14.4 Å². The van der Waals surface area contributed by atoms with Crippen LogP contribution in [0, 0.1) is 5.82 Å². The molecule has 3 heterocycles. The van der Waals surface area contributed by atoms with E-state index in [4.69, 9.17) is 0 Å². The predicted molar refractivity (Wildman–Crippen MR) is 77.1 cm³/mol. The average molecular weight is 298 g/mol. The molecule has 1 atom stereocenters. The molecule has 4 rings (SSSR count). The number of carbonyl (C=O) groups is 1. The van der Waals surface area contributed by atoms with Crippen LogP contribution in [0.15, 0.2) is 30.7 Å². The highest BCUT2D eigenvalue weighted by Gasteiger charge is 2.34. The number of rotatable bonds is 1. The maximum atomic E-state index is 13.8. The molecular weight excluding hydrogens is 283 g/mol. The molecule has 1 aromatic heterocycles. The molecule has 0 saturated carbocycles. The monoisotopic (exact) mass is 298 g/mol. The number of hydrogen-bond donors (Lipinski definition) is 1. The van der Waals surface area contributed by atoms with Crippen LogP contribution in [0.4, 0.5) is 4.39 Å². The Bertz CT molecular complexity index is 749. The summed E-state index contributed by atoms with van der Waals surface area (Å²) in [5.41, 5.74) is 3.34. The third-order valence-corrected chi connectivity index (χ3v) is 4.38. The van der Waals surface area contributed by atoms with Gasteiger partial charge in [-0.2, -0.15) is 0 Å². The van der Waals surface area contributed by atoms with Gasteiger partial charge in [0.1, 0.15) is 18.2 Å². The largest absolute Gasteiger partial charge is 0.336 e. The molecule has 1 aromatic carbocycles. The molecule has 0 bridgehead atoms. The van der Waals surface area contributed by atoms with Crippen LogP contribution in [-0.4, -0.2) is 27.3 Å². The zero-order chi connectivity index (χ0) is 15.1. The molecule has 112 valence electrons. The van der Waals surface area contributed by atoms with Gasteiger partial charge in [0.15, 0.2) is 0 Å². The van der Waals surface area contributed by atoms with Gasteiger partial charge in [0.2, 0.25) is 5.91 Å². The van der Waals surface area contributed by atoms with E-state index in [1.54, 1.807) is 17.2 Å². The molecular formula is C16H15FN4O. The van der Waals surface area contributed by atoms with Crippen LogP contribution in [0.25, 0.3) is 0 Å². The Morgan fingerprint density at radius 1 is 1.41 bits per heavy atom. The molecule has 0 radical (unpaired) electrons. The topological polar surface area (TPSA) is 58.1 Å². The van der Waals surface area contributed by atoms with Crippen molar-refractivity contribution in [1.82, 2.24) is 20.2 Å². The number of aromatic nitrogens is 2. The summed E-state index contributed by atoms with van der Waals surface area (Å²) < 4.78 is 13.8. The molecule has 1 unspecified atom stereocenters. The van der Waals surface area contributed by atoms with E-state index in [2.05, 4.69) is 15.3 Å². The number of halogens is 1. The SMILES string of the molecule is O=C(C1NCc2ncncc21)N1CCc2c(F)cccc2C1. The highest BCUT2D eigenvalue weighted by atomic mass is 19.1. The summed E-state index contributed by atoms with van der Waals surface area (Å²) in [6.45, 7) is 1.56. The standard InChI is InChI=1S/C16H15FN4O/c17-13-3-1-2-10-8-21(5-4-11(10)13)16(22)15-12-6-18-9-20-14(12)7-19-15/h1-3,6,9,15,19H,4-5,7-8H2. The van der Waals surface area contributed by atoms with E-state index in [9.17, 15) is 9.18 Å². The lowest BCUT2D eigenvalue weighted by atomic mass is 9.98. The van der Waals surface area contributed by atoms with Crippen molar-refractivity contribution >= 4 is 5.91 Å². The maximum absolute atomic E-state index is 13.8. The van der Waals surface area contributed by atoms with E-state index in [0.29, 0.717) is 26.1 Å². The first-order valence-corrected chi connectivity index (χ1v) is 7.31. The first-order chi connectivity index (χ1) is 10.7. The molecule has 2 aromatic rings. The molecule has 6 heteroatoms. The minimum Gasteiger partial charge on any atom is -0.336 e. The number of carbonyl (C=O) groups excluding carboxylic acids is 1. The summed E-state index contributed by atoms with van der Waals surface area (Å²) in [6, 6.07) is 4.66. The number of nitrogens with zero attached hydrogens (tertiary/aromatic N) is 3. The molecule has 0 fully saturated rings. The number of benzene rings is 1. The van der Waals surface area contributed by atoms with E-state index in [1.807, 2.05) is 6.07 Å².